The fraction of sp³-hybridized carbons (Fsp3) is 0.417. The fourth-order valence-corrected chi connectivity index (χ4v) is 1.61. The molecule has 1 aromatic carbocycles. The van der Waals surface area contributed by atoms with Crippen LogP contribution in [0.15, 0.2) is 24.3 Å². The van der Waals surface area contributed by atoms with Crippen LogP contribution in [-0.2, 0) is 4.79 Å². The molecule has 0 saturated carbocycles. The molecule has 3 nitrogen and oxygen atoms in total. The molecule has 1 unspecified atom stereocenters. The predicted octanol–water partition coefficient (Wildman–Crippen LogP) is 2.65. The average Bonchev–Trinajstić information content (AvgIpc) is 2.29. The van der Waals surface area contributed by atoms with Crippen molar-refractivity contribution in [2.75, 3.05) is 11.9 Å². The first-order chi connectivity index (χ1) is 7.67. The second kappa shape index (κ2) is 6.51. The van der Waals surface area contributed by atoms with Crippen molar-refractivity contribution in [3.8, 4) is 0 Å². The van der Waals surface area contributed by atoms with Gasteiger partial charge in [-0.3, -0.25) is 4.79 Å². The highest BCUT2D eigenvalue weighted by atomic mass is 35.5. The summed E-state index contributed by atoms with van der Waals surface area (Å²) in [5, 5.41) is 3.48. The van der Waals surface area contributed by atoms with Gasteiger partial charge in [-0.1, -0.05) is 24.9 Å². The topological polar surface area (TPSA) is 55.1 Å². The molecule has 3 N–H and O–H groups in total. The maximum atomic E-state index is 11.8. The molecule has 0 aliphatic carbocycles. The summed E-state index contributed by atoms with van der Waals surface area (Å²) in [5.74, 6) is -0.132. The van der Waals surface area contributed by atoms with Crippen LogP contribution in [0.4, 0.5) is 5.69 Å². The molecular weight excluding hydrogens is 224 g/mol. The van der Waals surface area contributed by atoms with Crippen LogP contribution in [0.5, 0.6) is 0 Å². The Morgan fingerprint density at radius 3 is 2.56 bits per heavy atom. The molecule has 0 heterocycles. The summed E-state index contributed by atoms with van der Waals surface area (Å²) in [6.45, 7) is 2.42. The van der Waals surface area contributed by atoms with Gasteiger partial charge < -0.3 is 11.1 Å². The van der Waals surface area contributed by atoms with Gasteiger partial charge in [0.05, 0.1) is 5.92 Å². The number of nitrogens with one attached hydrogen (secondary N) is 1. The Morgan fingerprint density at radius 2 is 2.06 bits per heavy atom. The molecule has 0 bridgehead atoms. The van der Waals surface area contributed by atoms with Crippen molar-refractivity contribution in [2.45, 2.75) is 19.8 Å². The van der Waals surface area contributed by atoms with Crippen LogP contribution in [0.3, 0.4) is 0 Å². The summed E-state index contributed by atoms with van der Waals surface area (Å²) in [6, 6.07) is 7.04. The minimum absolute atomic E-state index is 0.0216. The first-order valence-corrected chi connectivity index (χ1v) is 5.81. The number of nitrogens with two attached hydrogens (primary N) is 1. The zero-order chi connectivity index (χ0) is 12.0. The quantitative estimate of drug-likeness (QED) is 0.832. The normalized spacial score (nSPS) is 12.2. The standard InChI is InChI=1S/C12H17ClN2O/c1-2-3-9(8-14)12(16)15-11-6-4-10(13)5-7-11/h4-7,9H,2-3,8,14H2,1H3,(H,15,16). The number of amides is 1. The molecular formula is C12H17ClN2O. The van der Waals surface area contributed by atoms with E-state index in [1.54, 1.807) is 24.3 Å². The number of carbonyl (C=O) groups excluding carboxylic acids is 1. The Kier molecular flexibility index (Phi) is 5.29. The highest BCUT2D eigenvalue weighted by molar-refractivity contribution is 6.30. The Bertz CT molecular complexity index is 337. The van der Waals surface area contributed by atoms with Crippen LogP contribution < -0.4 is 11.1 Å². The second-order valence-electron chi connectivity index (χ2n) is 3.72. The maximum Gasteiger partial charge on any atom is 0.228 e. The predicted molar refractivity (Wildman–Crippen MR) is 67.5 cm³/mol. The van der Waals surface area contributed by atoms with Crippen molar-refractivity contribution in [3.63, 3.8) is 0 Å². The van der Waals surface area contributed by atoms with E-state index < -0.39 is 0 Å². The van der Waals surface area contributed by atoms with Gasteiger partial charge in [0.1, 0.15) is 0 Å². The summed E-state index contributed by atoms with van der Waals surface area (Å²) in [4.78, 5) is 11.8. The van der Waals surface area contributed by atoms with E-state index in [9.17, 15) is 4.79 Å². The molecule has 0 radical (unpaired) electrons. The lowest BCUT2D eigenvalue weighted by molar-refractivity contribution is -0.119. The number of hydrogen-bond acceptors (Lipinski definition) is 2. The molecule has 1 atom stereocenters. The van der Waals surface area contributed by atoms with Gasteiger partial charge in [-0.2, -0.15) is 0 Å². The molecule has 0 spiro atoms. The highest BCUT2D eigenvalue weighted by Crippen LogP contribution is 2.15. The monoisotopic (exact) mass is 240 g/mol. The molecule has 0 aliphatic heterocycles. The summed E-state index contributed by atoms with van der Waals surface area (Å²) < 4.78 is 0. The Morgan fingerprint density at radius 1 is 1.44 bits per heavy atom. The summed E-state index contributed by atoms with van der Waals surface area (Å²) in [6.07, 6.45) is 1.77. The third-order valence-corrected chi connectivity index (χ3v) is 2.66. The van der Waals surface area contributed by atoms with Gasteiger partial charge in [0.25, 0.3) is 0 Å². The van der Waals surface area contributed by atoms with E-state index in [1.807, 2.05) is 6.92 Å². The zero-order valence-electron chi connectivity index (χ0n) is 9.37. The first-order valence-electron chi connectivity index (χ1n) is 5.44. The number of anilines is 1. The summed E-state index contributed by atoms with van der Waals surface area (Å²) in [5.41, 5.74) is 6.31. The average molecular weight is 241 g/mol. The van der Waals surface area contributed by atoms with Crippen molar-refractivity contribution in [3.05, 3.63) is 29.3 Å². The fourth-order valence-electron chi connectivity index (χ4n) is 1.48. The molecule has 88 valence electrons. The first kappa shape index (κ1) is 13.0. The minimum Gasteiger partial charge on any atom is -0.330 e. The van der Waals surface area contributed by atoms with Crippen LogP contribution in [-0.4, -0.2) is 12.5 Å². The van der Waals surface area contributed by atoms with Crippen LogP contribution in [0, 0.1) is 5.92 Å². The van der Waals surface area contributed by atoms with Crippen LogP contribution >= 0.6 is 11.6 Å². The Labute approximate surface area is 101 Å². The lowest BCUT2D eigenvalue weighted by Gasteiger charge is -2.13. The van der Waals surface area contributed by atoms with Crippen molar-refractivity contribution in [2.24, 2.45) is 11.7 Å². The van der Waals surface area contributed by atoms with Gasteiger partial charge in [-0.25, -0.2) is 0 Å². The number of carbonyl (C=O) groups is 1. The molecule has 4 heteroatoms. The van der Waals surface area contributed by atoms with Gasteiger partial charge in [-0.15, -0.1) is 0 Å². The third-order valence-electron chi connectivity index (χ3n) is 2.40. The van der Waals surface area contributed by atoms with Crippen LogP contribution in [0.25, 0.3) is 0 Å². The largest absolute Gasteiger partial charge is 0.330 e. The lowest BCUT2D eigenvalue weighted by atomic mass is 10.0. The van der Waals surface area contributed by atoms with Gasteiger partial charge in [0, 0.05) is 17.3 Å². The SMILES string of the molecule is CCCC(CN)C(=O)Nc1ccc(Cl)cc1. The molecule has 0 aliphatic rings. The van der Waals surface area contributed by atoms with E-state index in [0.29, 0.717) is 11.6 Å². The molecule has 0 saturated heterocycles. The Hall–Kier alpha value is -1.06. The zero-order valence-corrected chi connectivity index (χ0v) is 10.1. The van der Waals surface area contributed by atoms with Gasteiger partial charge in [0.15, 0.2) is 0 Å². The van der Waals surface area contributed by atoms with Crippen LogP contribution in [0.2, 0.25) is 5.02 Å². The smallest absolute Gasteiger partial charge is 0.228 e. The van der Waals surface area contributed by atoms with E-state index in [-0.39, 0.29) is 11.8 Å². The van der Waals surface area contributed by atoms with Gasteiger partial charge >= 0.3 is 0 Å². The van der Waals surface area contributed by atoms with Crippen molar-refractivity contribution >= 4 is 23.2 Å². The Balaban J connectivity index is 2.59. The van der Waals surface area contributed by atoms with Gasteiger partial charge in [-0.05, 0) is 30.7 Å². The maximum absolute atomic E-state index is 11.8. The van der Waals surface area contributed by atoms with Crippen molar-refractivity contribution in [1.82, 2.24) is 0 Å². The molecule has 1 amide bonds. The lowest BCUT2D eigenvalue weighted by Crippen LogP contribution is -2.29. The number of rotatable bonds is 5. The van der Waals surface area contributed by atoms with Gasteiger partial charge in [0.2, 0.25) is 5.91 Å². The minimum atomic E-state index is -0.110. The number of halogens is 1. The van der Waals surface area contributed by atoms with Crippen LogP contribution in [0.1, 0.15) is 19.8 Å². The van der Waals surface area contributed by atoms with E-state index in [2.05, 4.69) is 5.32 Å². The third kappa shape index (κ3) is 3.83. The highest BCUT2D eigenvalue weighted by Gasteiger charge is 2.15. The van der Waals surface area contributed by atoms with E-state index in [0.717, 1.165) is 18.5 Å². The van der Waals surface area contributed by atoms with E-state index in [1.165, 1.54) is 0 Å². The number of hydrogen-bond donors (Lipinski definition) is 2. The molecule has 1 aromatic rings. The molecule has 0 aromatic heterocycles. The van der Waals surface area contributed by atoms with Crippen molar-refractivity contribution < 1.29 is 4.79 Å². The van der Waals surface area contributed by atoms with E-state index in [4.69, 9.17) is 17.3 Å². The molecule has 0 fully saturated rings. The summed E-state index contributed by atoms with van der Waals surface area (Å²) >= 11 is 5.76. The molecule has 1 rings (SSSR count). The molecule has 16 heavy (non-hydrogen) atoms. The number of benzene rings is 1. The van der Waals surface area contributed by atoms with Crippen molar-refractivity contribution in [1.29, 1.82) is 0 Å². The second-order valence-corrected chi connectivity index (χ2v) is 4.15. The van der Waals surface area contributed by atoms with E-state index >= 15 is 0 Å². The summed E-state index contributed by atoms with van der Waals surface area (Å²) in [7, 11) is 0.